The lowest BCUT2D eigenvalue weighted by molar-refractivity contribution is 0.0590. The second kappa shape index (κ2) is 7.56. The minimum absolute atomic E-state index is 0.0887. The Morgan fingerprint density at radius 3 is 2.04 bits per heavy atom. The minimum Gasteiger partial charge on any atom is -0.493 e. The van der Waals surface area contributed by atoms with Gasteiger partial charge in [0.2, 0.25) is 5.75 Å². The zero-order chi connectivity index (χ0) is 19.5. The molecule has 0 aliphatic rings. The van der Waals surface area contributed by atoms with Gasteiger partial charge in [0.15, 0.2) is 11.5 Å². The number of carbonyl (C=O) groups is 1. The van der Waals surface area contributed by atoms with E-state index in [1.54, 1.807) is 7.05 Å². The smallest absolute Gasteiger partial charge is 0.354 e. The number of methoxy groups -OCH3 is 4. The molecular weight excluding hydrogens is 364 g/mol. The van der Waals surface area contributed by atoms with Crippen molar-refractivity contribution in [1.82, 2.24) is 4.57 Å². The Balaban J connectivity index is 2.42. The Hall–Kier alpha value is -2.88. The molecule has 1 aromatic heterocycles. The molecule has 10 heteroatoms. The molecule has 0 aliphatic carbocycles. The molecule has 0 saturated carbocycles. The van der Waals surface area contributed by atoms with Gasteiger partial charge in [0.05, 0.1) is 34.1 Å². The maximum atomic E-state index is 12.6. The summed E-state index contributed by atoms with van der Waals surface area (Å²) in [5, 5.41) is 0. The number of carbonyl (C=O) groups excluding carboxylic acids is 1. The highest BCUT2D eigenvalue weighted by Gasteiger charge is 2.22. The van der Waals surface area contributed by atoms with Crippen LogP contribution in [0.3, 0.4) is 0 Å². The molecule has 0 aliphatic heterocycles. The third kappa shape index (κ3) is 3.69. The fourth-order valence-corrected chi connectivity index (χ4v) is 3.45. The Bertz CT molecular complexity index is 894. The number of rotatable bonds is 7. The number of ether oxygens (including phenoxy) is 4. The molecule has 0 atom stereocenters. The Morgan fingerprint density at radius 1 is 1.00 bits per heavy atom. The van der Waals surface area contributed by atoms with E-state index in [4.69, 9.17) is 14.2 Å². The third-order valence-electron chi connectivity index (χ3n) is 3.60. The van der Waals surface area contributed by atoms with Crippen molar-refractivity contribution in [2.75, 3.05) is 33.2 Å². The minimum atomic E-state index is -3.96. The van der Waals surface area contributed by atoms with Crippen molar-refractivity contribution in [3.63, 3.8) is 0 Å². The summed E-state index contributed by atoms with van der Waals surface area (Å²) in [7, 11) is 3.11. The van der Waals surface area contributed by atoms with E-state index >= 15 is 0 Å². The fraction of sp³-hybridized carbons (Fsp3) is 0.312. The summed E-state index contributed by atoms with van der Waals surface area (Å²) >= 11 is 0. The second-order valence-electron chi connectivity index (χ2n) is 5.18. The summed E-state index contributed by atoms with van der Waals surface area (Å²) < 4.78 is 49.3. The number of aromatic nitrogens is 1. The lowest BCUT2D eigenvalue weighted by Crippen LogP contribution is -2.12. The molecule has 0 radical (unpaired) electrons. The fourth-order valence-electron chi connectivity index (χ4n) is 2.34. The molecule has 0 bridgehead atoms. The van der Waals surface area contributed by atoms with E-state index < -0.39 is 16.0 Å². The van der Waals surface area contributed by atoms with Gasteiger partial charge < -0.3 is 23.5 Å². The quantitative estimate of drug-likeness (QED) is 0.724. The van der Waals surface area contributed by atoms with E-state index in [0.29, 0.717) is 17.2 Å². The Morgan fingerprint density at radius 2 is 1.58 bits per heavy atom. The number of esters is 1. The second-order valence-corrected chi connectivity index (χ2v) is 6.87. The van der Waals surface area contributed by atoms with Crippen LogP contribution in [-0.4, -0.2) is 47.4 Å². The monoisotopic (exact) mass is 384 g/mol. The van der Waals surface area contributed by atoms with Crippen LogP contribution in [0.5, 0.6) is 17.2 Å². The van der Waals surface area contributed by atoms with Gasteiger partial charge in [0.1, 0.15) is 10.6 Å². The Kier molecular flexibility index (Phi) is 5.66. The third-order valence-corrected chi connectivity index (χ3v) is 4.95. The topological polar surface area (TPSA) is 105 Å². The molecular formula is C16H20N2O7S. The molecule has 1 aromatic carbocycles. The van der Waals surface area contributed by atoms with E-state index in [-0.39, 0.29) is 16.3 Å². The van der Waals surface area contributed by atoms with Gasteiger partial charge in [-0.1, -0.05) is 0 Å². The first-order valence-corrected chi connectivity index (χ1v) is 8.83. The summed E-state index contributed by atoms with van der Waals surface area (Å²) in [5.41, 5.74) is 0.320. The molecule has 2 rings (SSSR count). The molecule has 0 fully saturated rings. The molecule has 1 N–H and O–H groups in total. The van der Waals surface area contributed by atoms with E-state index in [1.165, 1.54) is 57.4 Å². The first-order valence-electron chi connectivity index (χ1n) is 7.34. The molecule has 0 amide bonds. The van der Waals surface area contributed by atoms with Crippen molar-refractivity contribution in [3.05, 3.63) is 30.1 Å². The van der Waals surface area contributed by atoms with Crippen LogP contribution in [0.25, 0.3) is 0 Å². The largest absolute Gasteiger partial charge is 0.493 e. The summed E-state index contributed by atoms with van der Waals surface area (Å²) in [6, 6.07) is 4.15. The van der Waals surface area contributed by atoms with Crippen LogP contribution in [0.1, 0.15) is 10.5 Å². The summed E-state index contributed by atoms with van der Waals surface area (Å²) in [5.74, 6) is 0.299. The average Bonchev–Trinajstić information content (AvgIpc) is 3.02. The molecule has 0 spiro atoms. The van der Waals surface area contributed by atoms with Crippen LogP contribution in [0, 0.1) is 0 Å². The van der Waals surface area contributed by atoms with Crippen molar-refractivity contribution < 1.29 is 32.2 Å². The lowest BCUT2D eigenvalue weighted by atomic mass is 10.2. The molecule has 0 unspecified atom stereocenters. The predicted molar refractivity (Wildman–Crippen MR) is 93.7 cm³/mol. The van der Waals surface area contributed by atoms with Crippen molar-refractivity contribution >= 4 is 21.7 Å². The number of nitrogens with zero attached hydrogens (tertiary/aromatic N) is 1. The van der Waals surface area contributed by atoms with Gasteiger partial charge in [-0.25, -0.2) is 13.2 Å². The molecule has 1 heterocycles. The van der Waals surface area contributed by atoms with Crippen LogP contribution in [0.15, 0.2) is 29.3 Å². The number of anilines is 1. The van der Waals surface area contributed by atoms with Gasteiger partial charge >= 0.3 is 5.97 Å². The number of hydrogen-bond donors (Lipinski definition) is 1. The average molecular weight is 384 g/mol. The normalized spacial score (nSPS) is 11.0. The lowest BCUT2D eigenvalue weighted by Gasteiger charge is -2.15. The molecule has 2 aromatic rings. The van der Waals surface area contributed by atoms with Crippen molar-refractivity contribution in [2.45, 2.75) is 4.90 Å². The highest BCUT2D eigenvalue weighted by atomic mass is 32.2. The van der Waals surface area contributed by atoms with Crippen molar-refractivity contribution in [3.8, 4) is 17.2 Å². The highest BCUT2D eigenvalue weighted by molar-refractivity contribution is 7.92. The number of sulfonamides is 1. The van der Waals surface area contributed by atoms with Gasteiger partial charge in [-0.05, 0) is 6.07 Å². The molecule has 0 saturated heterocycles. The molecule has 26 heavy (non-hydrogen) atoms. The van der Waals surface area contributed by atoms with Crippen LogP contribution < -0.4 is 18.9 Å². The summed E-state index contributed by atoms with van der Waals surface area (Å²) in [6.45, 7) is 0. The van der Waals surface area contributed by atoms with Crippen LogP contribution in [0.4, 0.5) is 5.69 Å². The number of benzene rings is 1. The standard InChI is InChI=1S/C16H20N2O7S/c1-18-9-11(8-12(18)16(19)25-5)26(20,21)17-10-6-13(22-2)15(24-4)14(7-10)23-3/h6-9,17H,1-5H3. The van der Waals surface area contributed by atoms with Crippen LogP contribution >= 0.6 is 0 Å². The van der Waals surface area contributed by atoms with Crippen molar-refractivity contribution in [1.29, 1.82) is 0 Å². The van der Waals surface area contributed by atoms with Gasteiger partial charge in [-0.15, -0.1) is 0 Å². The summed E-state index contributed by atoms with van der Waals surface area (Å²) in [4.78, 5) is 11.6. The Labute approximate surface area is 151 Å². The molecule has 9 nitrogen and oxygen atoms in total. The van der Waals surface area contributed by atoms with E-state index in [9.17, 15) is 13.2 Å². The zero-order valence-corrected chi connectivity index (χ0v) is 15.8. The van der Waals surface area contributed by atoms with Crippen molar-refractivity contribution in [2.24, 2.45) is 7.05 Å². The van der Waals surface area contributed by atoms with E-state index in [0.717, 1.165) is 0 Å². The van der Waals surface area contributed by atoms with Crippen LogP contribution in [-0.2, 0) is 21.8 Å². The zero-order valence-electron chi connectivity index (χ0n) is 15.0. The van der Waals surface area contributed by atoms with Gasteiger partial charge in [0.25, 0.3) is 10.0 Å². The maximum Gasteiger partial charge on any atom is 0.354 e. The predicted octanol–water partition coefficient (Wildman–Crippen LogP) is 1.64. The van der Waals surface area contributed by atoms with Crippen LogP contribution in [0.2, 0.25) is 0 Å². The highest BCUT2D eigenvalue weighted by Crippen LogP contribution is 2.40. The van der Waals surface area contributed by atoms with E-state index in [2.05, 4.69) is 9.46 Å². The SMILES string of the molecule is COC(=O)c1cc(S(=O)(=O)Nc2cc(OC)c(OC)c(OC)c2)cn1C. The summed E-state index contributed by atoms with van der Waals surface area (Å²) in [6.07, 6.45) is 1.31. The number of hydrogen-bond acceptors (Lipinski definition) is 7. The first kappa shape index (κ1) is 19.4. The van der Waals surface area contributed by atoms with Gasteiger partial charge in [-0.2, -0.15) is 0 Å². The molecule has 142 valence electrons. The number of aryl methyl sites for hydroxylation is 1. The van der Waals surface area contributed by atoms with Gasteiger partial charge in [-0.3, -0.25) is 4.72 Å². The number of nitrogens with one attached hydrogen (secondary N) is 1. The first-order chi connectivity index (χ1) is 12.3. The maximum absolute atomic E-state index is 12.6. The van der Waals surface area contributed by atoms with Gasteiger partial charge in [0, 0.05) is 25.4 Å². The van der Waals surface area contributed by atoms with E-state index in [1.807, 2.05) is 0 Å².